The number of hydrogen-bond acceptors (Lipinski definition) is 6. The smallest absolute Gasteiger partial charge is 0.260 e. The molecule has 0 saturated heterocycles. The Hall–Kier alpha value is -4.04. The number of imide groups is 1. The summed E-state index contributed by atoms with van der Waals surface area (Å²) in [7, 11) is 0. The van der Waals surface area contributed by atoms with Gasteiger partial charge in [0.05, 0.1) is 28.7 Å². The number of para-hydroxylation sites is 1. The summed E-state index contributed by atoms with van der Waals surface area (Å²) in [4.78, 5) is 37.1. The average Bonchev–Trinajstić information content (AvgIpc) is 3.36. The van der Waals surface area contributed by atoms with Gasteiger partial charge in [0.2, 0.25) is 0 Å². The Labute approximate surface area is 195 Å². The van der Waals surface area contributed by atoms with Gasteiger partial charge in [0.25, 0.3) is 11.8 Å². The molecule has 1 aromatic carbocycles. The van der Waals surface area contributed by atoms with E-state index < -0.39 is 17.4 Å². The van der Waals surface area contributed by atoms with Crippen LogP contribution in [-0.2, 0) is 16.0 Å². The third kappa shape index (κ3) is 2.67. The van der Waals surface area contributed by atoms with Crippen LogP contribution in [0.5, 0.6) is 0 Å². The summed E-state index contributed by atoms with van der Waals surface area (Å²) in [5.74, 6) is -0.974. The molecule has 0 bridgehead atoms. The van der Waals surface area contributed by atoms with Crippen molar-refractivity contribution in [3.05, 3.63) is 83.6 Å². The van der Waals surface area contributed by atoms with Gasteiger partial charge in [-0.1, -0.05) is 24.3 Å². The number of aliphatic imine (C=N–C) groups is 1. The Morgan fingerprint density at radius 1 is 1.15 bits per heavy atom. The van der Waals surface area contributed by atoms with E-state index in [1.165, 1.54) is 0 Å². The summed E-state index contributed by atoms with van der Waals surface area (Å²) in [5, 5.41) is 11.3. The number of nitrogens with one attached hydrogen (secondary N) is 2. The van der Waals surface area contributed by atoms with E-state index in [-0.39, 0.29) is 29.3 Å². The molecule has 33 heavy (non-hydrogen) atoms. The summed E-state index contributed by atoms with van der Waals surface area (Å²) in [6.07, 6.45) is 9.00. The minimum Gasteiger partial charge on any atom is -0.330 e. The summed E-state index contributed by atoms with van der Waals surface area (Å²) in [6, 6.07) is 11.4. The molecule has 2 N–H and O–H groups in total. The molecule has 3 aromatic rings. The molecule has 3 aliphatic heterocycles. The number of fused-ring (bicyclic) bond motifs is 1. The SMILES string of the molecule is CC(=N)C1(C2=C(c3cnc4ccccn34)C(=O)NC2=O)Cc2cccc3c2N1C=CN=C3.Cl. The molecule has 0 spiro atoms. The van der Waals surface area contributed by atoms with E-state index >= 15 is 0 Å². The number of rotatable bonds is 3. The van der Waals surface area contributed by atoms with Crippen LogP contribution < -0.4 is 10.2 Å². The highest BCUT2D eigenvalue weighted by molar-refractivity contribution is 6.38. The van der Waals surface area contributed by atoms with Crippen LogP contribution in [-0.4, -0.2) is 38.7 Å². The minimum atomic E-state index is -1.16. The van der Waals surface area contributed by atoms with Crippen LogP contribution in [0.15, 0.2) is 71.8 Å². The van der Waals surface area contributed by atoms with Gasteiger partial charge >= 0.3 is 0 Å². The second kappa shape index (κ2) is 7.25. The maximum atomic E-state index is 13.3. The molecule has 5 heterocycles. The van der Waals surface area contributed by atoms with Crippen LogP contribution in [0.3, 0.4) is 0 Å². The second-order valence-corrected chi connectivity index (χ2v) is 8.07. The molecule has 0 radical (unpaired) electrons. The van der Waals surface area contributed by atoms with Crippen LogP contribution in [0, 0.1) is 5.41 Å². The van der Waals surface area contributed by atoms with Gasteiger partial charge in [0, 0.05) is 42.5 Å². The molecule has 1 atom stereocenters. The zero-order valence-corrected chi connectivity index (χ0v) is 18.4. The van der Waals surface area contributed by atoms with Crippen molar-refractivity contribution in [3.63, 3.8) is 0 Å². The molecule has 2 amide bonds. The van der Waals surface area contributed by atoms with E-state index in [1.807, 2.05) is 47.5 Å². The van der Waals surface area contributed by atoms with Gasteiger partial charge in [0.1, 0.15) is 11.2 Å². The van der Waals surface area contributed by atoms with Gasteiger partial charge in [-0.05, 0) is 24.6 Å². The molecule has 2 aromatic heterocycles. The summed E-state index contributed by atoms with van der Waals surface area (Å²) in [5.41, 5.74) is 3.58. The molecule has 164 valence electrons. The number of benzene rings is 1. The molecule has 0 saturated carbocycles. The predicted octanol–water partition coefficient (Wildman–Crippen LogP) is 2.91. The number of aromatic nitrogens is 2. The highest BCUT2D eigenvalue weighted by Crippen LogP contribution is 2.48. The minimum absolute atomic E-state index is 0. The summed E-state index contributed by atoms with van der Waals surface area (Å²) < 4.78 is 1.79. The van der Waals surface area contributed by atoms with Crippen molar-refractivity contribution in [2.75, 3.05) is 4.90 Å². The van der Waals surface area contributed by atoms with Gasteiger partial charge in [-0.3, -0.25) is 24.3 Å². The van der Waals surface area contributed by atoms with E-state index in [4.69, 9.17) is 5.41 Å². The Kier molecular flexibility index (Phi) is 4.58. The molecule has 3 aliphatic rings. The number of nitrogens with zero attached hydrogens (tertiary/aromatic N) is 4. The van der Waals surface area contributed by atoms with Crippen LogP contribution in [0.1, 0.15) is 23.7 Å². The number of carbonyl (C=O) groups excluding carboxylic acids is 2. The van der Waals surface area contributed by atoms with Crippen molar-refractivity contribution in [3.8, 4) is 0 Å². The molecular weight excluding hydrogens is 440 g/mol. The number of amides is 2. The highest BCUT2D eigenvalue weighted by Gasteiger charge is 2.55. The quantitative estimate of drug-likeness (QED) is 0.465. The first-order valence-corrected chi connectivity index (χ1v) is 10.2. The number of imidazole rings is 1. The fourth-order valence-electron chi connectivity index (χ4n) is 5.05. The predicted molar refractivity (Wildman–Crippen MR) is 128 cm³/mol. The zero-order chi connectivity index (χ0) is 22.0. The molecule has 1 unspecified atom stereocenters. The fourth-order valence-corrected chi connectivity index (χ4v) is 5.05. The van der Waals surface area contributed by atoms with E-state index in [1.54, 1.807) is 36.1 Å². The third-order valence-electron chi connectivity index (χ3n) is 6.40. The number of anilines is 1. The van der Waals surface area contributed by atoms with Crippen molar-refractivity contribution in [2.45, 2.75) is 18.9 Å². The van der Waals surface area contributed by atoms with Crippen molar-refractivity contribution < 1.29 is 9.59 Å². The maximum Gasteiger partial charge on any atom is 0.260 e. The lowest BCUT2D eigenvalue weighted by Gasteiger charge is -2.38. The first-order valence-electron chi connectivity index (χ1n) is 10.2. The van der Waals surface area contributed by atoms with Gasteiger partial charge in [-0.2, -0.15) is 0 Å². The fraction of sp³-hybridized carbons (Fsp3) is 0.125. The topological polar surface area (TPSA) is 103 Å². The third-order valence-corrected chi connectivity index (χ3v) is 6.40. The molecule has 9 heteroatoms. The van der Waals surface area contributed by atoms with Crippen molar-refractivity contribution in [1.82, 2.24) is 14.7 Å². The second-order valence-electron chi connectivity index (χ2n) is 8.07. The van der Waals surface area contributed by atoms with Crippen LogP contribution in [0.4, 0.5) is 5.69 Å². The first-order chi connectivity index (χ1) is 15.5. The Balaban J connectivity index is 0.00000228. The normalized spacial score (nSPS) is 20.7. The largest absolute Gasteiger partial charge is 0.330 e. The number of pyridine rings is 1. The standard InChI is InChI=1S/C24H18N6O2.ClH/c1-14(25)24(11-15-5-4-6-16-12-26-8-10-30(24)21(15)16)20-19(22(31)28-23(20)32)17-13-27-18-7-2-3-9-29(17)18;/h2-10,12-13,25H,11H2,1H3,(H,28,31,32);1H. The van der Waals surface area contributed by atoms with Crippen LogP contribution in [0.2, 0.25) is 0 Å². The molecule has 0 fully saturated rings. The summed E-state index contributed by atoms with van der Waals surface area (Å²) >= 11 is 0. The lowest BCUT2D eigenvalue weighted by atomic mass is 9.79. The van der Waals surface area contributed by atoms with Crippen molar-refractivity contribution >= 4 is 53.1 Å². The Bertz CT molecular complexity index is 1470. The van der Waals surface area contributed by atoms with Crippen LogP contribution >= 0.6 is 12.4 Å². The van der Waals surface area contributed by atoms with Gasteiger partial charge in [0.15, 0.2) is 0 Å². The maximum absolute atomic E-state index is 13.3. The Morgan fingerprint density at radius 2 is 2.00 bits per heavy atom. The number of hydrogen-bond donors (Lipinski definition) is 2. The number of halogens is 1. The Morgan fingerprint density at radius 3 is 2.82 bits per heavy atom. The van der Waals surface area contributed by atoms with Gasteiger partial charge in [-0.25, -0.2) is 4.98 Å². The van der Waals surface area contributed by atoms with E-state index in [0.717, 1.165) is 16.8 Å². The van der Waals surface area contributed by atoms with E-state index in [0.29, 0.717) is 17.8 Å². The van der Waals surface area contributed by atoms with Gasteiger partial charge in [-0.15, -0.1) is 12.4 Å². The number of carbonyl (C=O) groups is 2. The molecule has 8 nitrogen and oxygen atoms in total. The van der Waals surface area contributed by atoms with E-state index in [2.05, 4.69) is 15.3 Å². The van der Waals surface area contributed by atoms with Crippen molar-refractivity contribution in [2.24, 2.45) is 4.99 Å². The average molecular weight is 459 g/mol. The highest BCUT2D eigenvalue weighted by atomic mass is 35.5. The zero-order valence-electron chi connectivity index (χ0n) is 17.6. The first kappa shape index (κ1) is 20.8. The van der Waals surface area contributed by atoms with Gasteiger partial charge < -0.3 is 10.3 Å². The lowest BCUT2D eigenvalue weighted by Crippen LogP contribution is -2.53. The molecule has 0 aliphatic carbocycles. The van der Waals surface area contributed by atoms with Crippen LogP contribution in [0.25, 0.3) is 11.2 Å². The molecular formula is C24H19ClN6O2. The van der Waals surface area contributed by atoms with E-state index in [9.17, 15) is 9.59 Å². The molecule has 6 rings (SSSR count). The lowest BCUT2D eigenvalue weighted by molar-refractivity contribution is -0.123. The summed E-state index contributed by atoms with van der Waals surface area (Å²) in [6.45, 7) is 1.68. The monoisotopic (exact) mass is 458 g/mol. The van der Waals surface area contributed by atoms with Crippen molar-refractivity contribution in [1.29, 1.82) is 5.41 Å².